The molecule has 0 unspecified atom stereocenters. The maximum absolute atomic E-state index is 13.2. The Hall–Kier alpha value is -1.75. The Bertz CT molecular complexity index is 676. The molecule has 1 saturated heterocycles. The van der Waals surface area contributed by atoms with Crippen molar-refractivity contribution in [1.82, 2.24) is 9.80 Å². The van der Waals surface area contributed by atoms with Crippen LogP contribution < -0.4 is 4.90 Å². The van der Waals surface area contributed by atoms with Crippen LogP contribution in [0, 0.1) is 5.41 Å². The summed E-state index contributed by atoms with van der Waals surface area (Å²) in [5, 5.41) is 0.723. The van der Waals surface area contributed by atoms with Crippen LogP contribution in [0.1, 0.15) is 39.5 Å². The minimum absolute atomic E-state index is 0.0375. The highest BCUT2D eigenvalue weighted by molar-refractivity contribution is 6.30. The van der Waals surface area contributed by atoms with Gasteiger partial charge in [0.1, 0.15) is 5.41 Å². The topological polar surface area (TPSA) is 43.9 Å². The van der Waals surface area contributed by atoms with E-state index in [0.29, 0.717) is 25.9 Å². The molecule has 6 heteroatoms. The van der Waals surface area contributed by atoms with E-state index >= 15 is 0 Å². The molecule has 0 atom stereocenters. The molecule has 0 N–H and O–H groups in total. The lowest BCUT2D eigenvalue weighted by Gasteiger charge is -2.38. The Balaban J connectivity index is 1.62. The number of piperazine rings is 1. The van der Waals surface area contributed by atoms with Crippen LogP contribution in [0.3, 0.4) is 0 Å². The molecule has 0 spiro atoms. The highest BCUT2D eigenvalue weighted by Crippen LogP contribution is 2.49. The third-order valence-electron chi connectivity index (χ3n) is 5.58. The molecular formula is C21H30ClN3O2. The van der Waals surface area contributed by atoms with Crippen LogP contribution in [0.2, 0.25) is 5.02 Å². The number of hydrogen-bond donors (Lipinski definition) is 0. The number of rotatable bonds is 7. The smallest absolute Gasteiger partial charge is 0.238 e. The Labute approximate surface area is 167 Å². The molecule has 0 aromatic heterocycles. The summed E-state index contributed by atoms with van der Waals surface area (Å²) in [5.41, 5.74) is 0.312. The SMILES string of the molecule is CCCN(CCC)C(=O)C1(C(=O)N2CCN(c3cccc(Cl)c3)CC2)CC1. The molecule has 1 aliphatic heterocycles. The largest absolute Gasteiger partial charge is 0.368 e. The van der Waals surface area contributed by atoms with Gasteiger partial charge in [0.05, 0.1) is 0 Å². The third-order valence-corrected chi connectivity index (χ3v) is 5.82. The van der Waals surface area contributed by atoms with E-state index in [4.69, 9.17) is 11.6 Å². The van der Waals surface area contributed by atoms with Crippen LogP contribution >= 0.6 is 11.6 Å². The van der Waals surface area contributed by atoms with Crippen molar-refractivity contribution in [3.63, 3.8) is 0 Å². The van der Waals surface area contributed by atoms with Crippen molar-refractivity contribution < 1.29 is 9.59 Å². The van der Waals surface area contributed by atoms with E-state index in [1.165, 1.54) is 0 Å². The van der Waals surface area contributed by atoms with Gasteiger partial charge in [-0.05, 0) is 43.9 Å². The van der Waals surface area contributed by atoms with Gasteiger partial charge in [-0.3, -0.25) is 9.59 Å². The molecule has 1 saturated carbocycles. The second-order valence-corrected chi connectivity index (χ2v) is 8.07. The van der Waals surface area contributed by atoms with Gasteiger partial charge in [0, 0.05) is 50.0 Å². The number of benzene rings is 1. The van der Waals surface area contributed by atoms with Crippen LogP contribution in [0.5, 0.6) is 0 Å². The summed E-state index contributed by atoms with van der Waals surface area (Å²) in [7, 11) is 0. The van der Waals surface area contributed by atoms with Crippen LogP contribution in [-0.4, -0.2) is 60.9 Å². The lowest BCUT2D eigenvalue weighted by Crippen LogP contribution is -2.54. The van der Waals surface area contributed by atoms with E-state index in [0.717, 1.165) is 49.7 Å². The normalized spacial score (nSPS) is 18.3. The van der Waals surface area contributed by atoms with Gasteiger partial charge in [-0.2, -0.15) is 0 Å². The van der Waals surface area contributed by atoms with Gasteiger partial charge in [0.15, 0.2) is 0 Å². The Morgan fingerprint density at radius 1 is 1.07 bits per heavy atom. The average molecular weight is 392 g/mol. The Morgan fingerprint density at radius 3 is 2.22 bits per heavy atom. The van der Waals surface area contributed by atoms with Crippen molar-refractivity contribution in [3.8, 4) is 0 Å². The molecule has 2 fully saturated rings. The summed E-state index contributed by atoms with van der Waals surface area (Å²) in [5.74, 6) is 0.0870. The lowest BCUT2D eigenvalue weighted by atomic mass is 10.0. The average Bonchev–Trinajstić information content (AvgIpc) is 3.49. The van der Waals surface area contributed by atoms with E-state index in [-0.39, 0.29) is 11.8 Å². The van der Waals surface area contributed by atoms with Crippen LogP contribution in [0.15, 0.2) is 24.3 Å². The van der Waals surface area contributed by atoms with Crippen molar-refractivity contribution in [2.45, 2.75) is 39.5 Å². The highest BCUT2D eigenvalue weighted by Gasteiger charge is 2.59. The predicted molar refractivity (Wildman–Crippen MR) is 109 cm³/mol. The zero-order valence-electron chi connectivity index (χ0n) is 16.4. The first-order valence-electron chi connectivity index (χ1n) is 10.1. The third kappa shape index (κ3) is 4.23. The number of hydrogen-bond acceptors (Lipinski definition) is 3. The molecule has 1 aliphatic carbocycles. The summed E-state index contributed by atoms with van der Waals surface area (Å²) in [6.45, 7) is 8.48. The zero-order valence-corrected chi connectivity index (χ0v) is 17.2. The van der Waals surface area contributed by atoms with Gasteiger partial charge in [-0.15, -0.1) is 0 Å². The van der Waals surface area contributed by atoms with Gasteiger partial charge in [-0.1, -0.05) is 31.5 Å². The van der Waals surface area contributed by atoms with Crippen LogP contribution in [0.25, 0.3) is 0 Å². The summed E-state index contributed by atoms with van der Waals surface area (Å²) < 4.78 is 0. The first-order valence-corrected chi connectivity index (χ1v) is 10.5. The minimum atomic E-state index is -0.775. The number of amides is 2. The number of nitrogens with zero attached hydrogens (tertiary/aromatic N) is 3. The van der Waals surface area contributed by atoms with Gasteiger partial charge in [-0.25, -0.2) is 0 Å². The molecule has 5 nitrogen and oxygen atoms in total. The predicted octanol–water partition coefficient (Wildman–Crippen LogP) is 3.42. The summed E-state index contributed by atoms with van der Waals surface area (Å²) >= 11 is 6.09. The van der Waals surface area contributed by atoms with E-state index in [2.05, 4.69) is 18.7 Å². The first-order chi connectivity index (χ1) is 13.0. The Kier molecular flexibility index (Phi) is 6.30. The number of halogens is 1. The number of carbonyl (C=O) groups excluding carboxylic acids is 2. The summed E-state index contributed by atoms with van der Waals surface area (Å²) in [4.78, 5) is 32.3. The van der Waals surface area contributed by atoms with Gasteiger partial charge in [0.25, 0.3) is 0 Å². The number of carbonyl (C=O) groups is 2. The molecule has 0 bridgehead atoms. The summed E-state index contributed by atoms with van der Waals surface area (Å²) in [6, 6.07) is 7.82. The highest BCUT2D eigenvalue weighted by atomic mass is 35.5. The fourth-order valence-electron chi connectivity index (χ4n) is 3.94. The van der Waals surface area contributed by atoms with Crippen molar-refractivity contribution in [2.75, 3.05) is 44.2 Å². The molecule has 0 radical (unpaired) electrons. The minimum Gasteiger partial charge on any atom is -0.368 e. The zero-order chi connectivity index (χ0) is 19.4. The molecular weight excluding hydrogens is 362 g/mol. The summed E-state index contributed by atoms with van der Waals surface area (Å²) in [6.07, 6.45) is 3.24. The monoisotopic (exact) mass is 391 g/mol. The van der Waals surface area contributed by atoms with E-state index < -0.39 is 5.41 Å². The maximum Gasteiger partial charge on any atom is 0.238 e. The van der Waals surface area contributed by atoms with E-state index in [9.17, 15) is 9.59 Å². The quantitative estimate of drug-likeness (QED) is 0.669. The molecule has 3 rings (SSSR count). The fourth-order valence-corrected chi connectivity index (χ4v) is 4.13. The van der Waals surface area contributed by atoms with E-state index in [1.54, 1.807) is 0 Å². The van der Waals surface area contributed by atoms with Crippen molar-refractivity contribution >= 4 is 29.1 Å². The van der Waals surface area contributed by atoms with E-state index in [1.807, 2.05) is 34.1 Å². The molecule has 1 heterocycles. The molecule has 2 aliphatic rings. The van der Waals surface area contributed by atoms with Gasteiger partial charge in [0.2, 0.25) is 11.8 Å². The second-order valence-electron chi connectivity index (χ2n) is 7.63. The first kappa shape index (κ1) is 20.0. The molecule has 148 valence electrons. The molecule has 2 amide bonds. The molecule has 27 heavy (non-hydrogen) atoms. The van der Waals surface area contributed by atoms with Crippen LogP contribution in [-0.2, 0) is 9.59 Å². The van der Waals surface area contributed by atoms with Crippen molar-refractivity contribution in [3.05, 3.63) is 29.3 Å². The number of anilines is 1. The standard InChI is InChI=1S/C21H30ClN3O2/c1-3-10-24(11-4-2)19(26)21(8-9-21)20(27)25-14-12-23(13-15-25)18-7-5-6-17(22)16-18/h5-7,16H,3-4,8-15H2,1-2H3. The molecule has 1 aromatic carbocycles. The van der Waals surface area contributed by atoms with Crippen molar-refractivity contribution in [1.29, 1.82) is 0 Å². The van der Waals surface area contributed by atoms with Crippen molar-refractivity contribution in [2.24, 2.45) is 5.41 Å². The fraction of sp³-hybridized carbons (Fsp3) is 0.619. The Morgan fingerprint density at radius 2 is 1.70 bits per heavy atom. The lowest BCUT2D eigenvalue weighted by molar-refractivity contribution is -0.149. The van der Waals surface area contributed by atoms with Crippen LogP contribution in [0.4, 0.5) is 5.69 Å². The molecule has 1 aromatic rings. The maximum atomic E-state index is 13.2. The second kappa shape index (κ2) is 8.51. The van der Waals surface area contributed by atoms with Gasteiger partial charge < -0.3 is 14.7 Å². The van der Waals surface area contributed by atoms with Gasteiger partial charge >= 0.3 is 0 Å².